The molecule has 4 aromatic rings. The Labute approximate surface area is 145 Å². The molecule has 2 aromatic carbocycles. The molecule has 2 heterocycles. The maximum atomic E-state index is 5.48. The van der Waals surface area contributed by atoms with E-state index in [4.69, 9.17) is 4.74 Å². The third kappa shape index (κ3) is 2.59. The molecule has 0 spiro atoms. The summed E-state index contributed by atoms with van der Waals surface area (Å²) in [6.45, 7) is 0. The zero-order chi connectivity index (χ0) is 17.2. The molecule has 0 amide bonds. The standard InChI is InChI=1S/C20H18N4O/c1-21-20-23-17-13-22-16(15-10-6-7-11-19(15)25-2)12-18(17)24(20)14-8-4-3-5-9-14/h3-13H,1-2H3,(H,21,23). The van der Waals surface area contributed by atoms with Gasteiger partial charge in [0.2, 0.25) is 5.95 Å². The second-order valence-electron chi connectivity index (χ2n) is 5.61. The van der Waals surface area contributed by atoms with E-state index in [0.29, 0.717) is 0 Å². The maximum absolute atomic E-state index is 5.48. The highest BCUT2D eigenvalue weighted by molar-refractivity contribution is 5.85. The fourth-order valence-corrected chi connectivity index (χ4v) is 2.99. The second-order valence-corrected chi connectivity index (χ2v) is 5.61. The topological polar surface area (TPSA) is 52.0 Å². The summed E-state index contributed by atoms with van der Waals surface area (Å²) < 4.78 is 7.57. The lowest BCUT2D eigenvalue weighted by Gasteiger charge is -2.10. The van der Waals surface area contributed by atoms with Crippen LogP contribution in [0.5, 0.6) is 5.75 Å². The molecule has 0 unspecified atom stereocenters. The monoisotopic (exact) mass is 330 g/mol. The lowest BCUT2D eigenvalue weighted by Crippen LogP contribution is -2.01. The van der Waals surface area contributed by atoms with Gasteiger partial charge in [-0.2, -0.15) is 0 Å². The van der Waals surface area contributed by atoms with E-state index in [-0.39, 0.29) is 0 Å². The first-order valence-corrected chi connectivity index (χ1v) is 8.07. The number of benzene rings is 2. The van der Waals surface area contributed by atoms with Gasteiger partial charge in [0.25, 0.3) is 0 Å². The molecule has 0 saturated carbocycles. The van der Waals surface area contributed by atoms with Gasteiger partial charge in [0.1, 0.15) is 11.3 Å². The first-order valence-electron chi connectivity index (χ1n) is 8.07. The first kappa shape index (κ1) is 15.2. The fourth-order valence-electron chi connectivity index (χ4n) is 2.99. The van der Waals surface area contributed by atoms with Crippen molar-refractivity contribution in [3.05, 3.63) is 66.9 Å². The number of aromatic nitrogens is 3. The minimum absolute atomic E-state index is 0.778. The largest absolute Gasteiger partial charge is 0.496 e. The van der Waals surface area contributed by atoms with Crippen LogP contribution in [0.1, 0.15) is 0 Å². The summed E-state index contributed by atoms with van der Waals surface area (Å²) in [5.41, 5.74) is 4.69. The SMILES string of the molecule is CNc1nc2cnc(-c3ccccc3OC)cc2n1-c1ccccc1. The van der Waals surface area contributed by atoms with Crippen LogP contribution >= 0.6 is 0 Å². The number of hydrogen-bond donors (Lipinski definition) is 1. The van der Waals surface area contributed by atoms with Gasteiger partial charge in [-0.25, -0.2) is 4.98 Å². The average Bonchev–Trinajstić information content (AvgIpc) is 3.06. The van der Waals surface area contributed by atoms with Crippen molar-refractivity contribution in [3.8, 4) is 22.7 Å². The van der Waals surface area contributed by atoms with E-state index < -0.39 is 0 Å². The number of anilines is 1. The Morgan fingerprint density at radius 1 is 1.00 bits per heavy atom. The Morgan fingerprint density at radius 2 is 1.76 bits per heavy atom. The zero-order valence-electron chi connectivity index (χ0n) is 14.1. The van der Waals surface area contributed by atoms with Crippen LogP contribution in [0.3, 0.4) is 0 Å². The number of ether oxygens (including phenoxy) is 1. The molecule has 1 N–H and O–H groups in total. The summed E-state index contributed by atoms with van der Waals surface area (Å²) in [5, 5.41) is 3.16. The van der Waals surface area contributed by atoms with Crippen molar-refractivity contribution in [1.82, 2.24) is 14.5 Å². The first-order chi connectivity index (χ1) is 12.3. The van der Waals surface area contributed by atoms with Gasteiger partial charge >= 0.3 is 0 Å². The Morgan fingerprint density at radius 3 is 2.52 bits per heavy atom. The zero-order valence-corrected chi connectivity index (χ0v) is 14.1. The van der Waals surface area contributed by atoms with Crippen LogP contribution in [0.15, 0.2) is 66.9 Å². The number of pyridine rings is 1. The van der Waals surface area contributed by atoms with Gasteiger partial charge in [-0.3, -0.25) is 9.55 Å². The summed E-state index contributed by atoms with van der Waals surface area (Å²) in [5.74, 6) is 1.58. The van der Waals surface area contributed by atoms with Crippen LogP contribution in [0.4, 0.5) is 5.95 Å². The lowest BCUT2D eigenvalue weighted by molar-refractivity contribution is 0.416. The minimum Gasteiger partial charge on any atom is -0.496 e. The molecule has 4 rings (SSSR count). The molecule has 0 saturated heterocycles. The molecule has 0 aliphatic rings. The highest BCUT2D eigenvalue weighted by Crippen LogP contribution is 2.31. The second kappa shape index (κ2) is 6.28. The molecule has 5 nitrogen and oxygen atoms in total. The number of nitrogens with one attached hydrogen (secondary N) is 1. The van der Waals surface area contributed by atoms with Gasteiger partial charge in [0.05, 0.1) is 24.5 Å². The molecular weight excluding hydrogens is 312 g/mol. The van der Waals surface area contributed by atoms with E-state index in [0.717, 1.165) is 39.7 Å². The number of nitrogens with zero attached hydrogens (tertiary/aromatic N) is 3. The number of imidazole rings is 1. The van der Waals surface area contributed by atoms with Crippen molar-refractivity contribution in [2.75, 3.05) is 19.5 Å². The van der Waals surface area contributed by atoms with E-state index in [2.05, 4.69) is 32.0 Å². The normalized spacial score (nSPS) is 10.8. The third-order valence-corrected chi connectivity index (χ3v) is 4.16. The van der Waals surface area contributed by atoms with Crippen LogP contribution in [0, 0.1) is 0 Å². The Bertz CT molecular complexity index is 1020. The van der Waals surface area contributed by atoms with Gasteiger partial charge in [0.15, 0.2) is 0 Å². The smallest absolute Gasteiger partial charge is 0.208 e. The summed E-state index contributed by atoms with van der Waals surface area (Å²) in [6, 6.07) is 20.1. The lowest BCUT2D eigenvalue weighted by atomic mass is 10.1. The molecule has 0 atom stereocenters. The number of rotatable bonds is 4. The number of para-hydroxylation sites is 2. The molecule has 0 radical (unpaired) electrons. The van der Waals surface area contributed by atoms with Crippen LogP contribution in [-0.2, 0) is 0 Å². The van der Waals surface area contributed by atoms with Gasteiger partial charge in [-0.1, -0.05) is 30.3 Å². The molecular formula is C20H18N4O. The van der Waals surface area contributed by atoms with E-state index >= 15 is 0 Å². The molecule has 5 heteroatoms. The van der Waals surface area contributed by atoms with Gasteiger partial charge in [-0.05, 0) is 30.3 Å². The van der Waals surface area contributed by atoms with Crippen molar-refractivity contribution in [3.63, 3.8) is 0 Å². The number of hydrogen-bond acceptors (Lipinski definition) is 4. The molecule has 0 bridgehead atoms. The van der Waals surface area contributed by atoms with Crippen molar-refractivity contribution in [2.45, 2.75) is 0 Å². The summed E-state index contributed by atoms with van der Waals surface area (Å²) in [6.07, 6.45) is 1.80. The maximum Gasteiger partial charge on any atom is 0.208 e. The van der Waals surface area contributed by atoms with Crippen molar-refractivity contribution in [1.29, 1.82) is 0 Å². The van der Waals surface area contributed by atoms with E-state index in [1.165, 1.54) is 0 Å². The molecule has 0 aliphatic heterocycles. The Hall–Kier alpha value is -3.34. The van der Waals surface area contributed by atoms with E-state index in [1.54, 1.807) is 13.3 Å². The summed E-state index contributed by atoms with van der Waals surface area (Å²) >= 11 is 0. The highest BCUT2D eigenvalue weighted by atomic mass is 16.5. The van der Waals surface area contributed by atoms with Crippen molar-refractivity contribution in [2.24, 2.45) is 0 Å². The van der Waals surface area contributed by atoms with Crippen molar-refractivity contribution >= 4 is 17.0 Å². The highest BCUT2D eigenvalue weighted by Gasteiger charge is 2.14. The molecule has 25 heavy (non-hydrogen) atoms. The molecule has 124 valence electrons. The van der Waals surface area contributed by atoms with Crippen LogP contribution in [-0.4, -0.2) is 28.7 Å². The minimum atomic E-state index is 0.778. The Kier molecular flexibility index (Phi) is 3.82. The molecule has 0 aliphatic carbocycles. The van der Waals surface area contributed by atoms with Crippen LogP contribution in [0.25, 0.3) is 28.0 Å². The fraction of sp³-hybridized carbons (Fsp3) is 0.100. The predicted molar refractivity (Wildman–Crippen MR) is 100 cm³/mol. The number of fused-ring (bicyclic) bond motifs is 1. The number of methoxy groups -OCH3 is 1. The third-order valence-electron chi connectivity index (χ3n) is 4.16. The van der Waals surface area contributed by atoms with Gasteiger partial charge in [-0.15, -0.1) is 0 Å². The van der Waals surface area contributed by atoms with E-state index in [9.17, 15) is 0 Å². The van der Waals surface area contributed by atoms with Gasteiger partial charge in [0, 0.05) is 18.3 Å². The Balaban J connectivity index is 1.96. The van der Waals surface area contributed by atoms with Gasteiger partial charge < -0.3 is 10.1 Å². The summed E-state index contributed by atoms with van der Waals surface area (Å²) in [7, 11) is 3.54. The quantitative estimate of drug-likeness (QED) is 0.611. The van der Waals surface area contributed by atoms with Crippen LogP contribution in [0.2, 0.25) is 0 Å². The van der Waals surface area contributed by atoms with Crippen molar-refractivity contribution < 1.29 is 4.74 Å². The predicted octanol–water partition coefficient (Wildman–Crippen LogP) is 4.14. The average molecular weight is 330 g/mol. The van der Waals surface area contributed by atoms with E-state index in [1.807, 2.05) is 55.6 Å². The molecule has 2 aromatic heterocycles. The summed E-state index contributed by atoms with van der Waals surface area (Å²) in [4.78, 5) is 9.23. The molecule has 0 fully saturated rings. The van der Waals surface area contributed by atoms with Crippen LogP contribution < -0.4 is 10.1 Å².